The van der Waals surface area contributed by atoms with E-state index in [4.69, 9.17) is 5.11 Å². The molecule has 1 aliphatic rings. The molecule has 3 N–H and O–H groups in total. The van der Waals surface area contributed by atoms with E-state index >= 15 is 0 Å². The number of halogens is 2. The Hall–Kier alpha value is -2.69. The van der Waals surface area contributed by atoms with Gasteiger partial charge in [-0.25, -0.2) is 17.2 Å². The Morgan fingerprint density at radius 3 is 2.47 bits per heavy atom. The molecule has 184 valence electrons. The minimum atomic E-state index is -3.41. The third kappa shape index (κ3) is 6.91. The summed E-state index contributed by atoms with van der Waals surface area (Å²) >= 11 is 0. The molecular formula is C24H28F2N2O5S. The van der Waals surface area contributed by atoms with E-state index in [0.717, 1.165) is 35.7 Å². The Balaban J connectivity index is 1.86. The molecule has 0 bridgehead atoms. The van der Waals surface area contributed by atoms with Crippen LogP contribution in [0.4, 0.5) is 8.78 Å². The van der Waals surface area contributed by atoms with Crippen molar-refractivity contribution in [1.82, 2.24) is 5.32 Å². The van der Waals surface area contributed by atoms with E-state index in [1.165, 1.54) is 0 Å². The van der Waals surface area contributed by atoms with Crippen molar-refractivity contribution in [1.29, 1.82) is 0 Å². The first-order chi connectivity index (χ1) is 16.1. The summed E-state index contributed by atoms with van der Waals surface area (Å²) < 4.78 is 52.0. The summed E-state index contributed by atoms with van der Waals surface area (Å²) in [6, 6.07) is 7.49. The van der Waals surface area contributed by atoms with Gasteiger partial charge in [0.25, 0.3) is 0 Å². The maximum Gasteiger partial charge on any atom is 0.222 e. The Morgan fingerprint density at radius 1 is 1.12 bits per heavy atom. The van der Waals surface area contributed by atoms with Gasteiger partial charge in [0.1, 0.15) is 11.6 Å². The van der Waals surface area contributed by atoms with Crippen LogP contribution in [0.2, 0.25) is 0 Å². The maximum atomic E-state index is 13.6. The van der Waals surface area contributed by atoms with Crippen molar-refractivity contribution in [2.45, 2.75) is 44.1 Å². The number of nitrogens with zero attached hydrogens (tertiary/aromatic N) is 1. The van der Waals surface area contributed by atoms with Crippen LogP contribution in [0.5, 0.6) is 0 Å². The number of aliphatic imine (C=N–C) groups is 1. The first-order valence-corrected chi connectivity index (χ1v) is 12.8. The van der Waals surface area contributed by atoms with E-state index in [1.807, 2.05) is 19.1 Å². The highest BCUT2D eigenvalue weighted by Crippen LogP contribution is 2.23. The van der Waals surface area contributed by atoms with Crippen LogP contribution in [0.15, 0.2) is 41.4 Å². The van der Waals surface area contributed by atoms with Crippen LogP contribution < -0.4 is 5.32 Å². The second-order valence-corrected chi connectivity index (χ2v) is 10.4. The normalized spacial score (nSPS) is 17.7. The number of hydrogen-bond acceptors (Lipinski definition) is 6. The Morgan fingerprint density at radius 2 is 1.82 bits per heavy atom. The van der Waals surface area contributed by atoms with Crippen molar-refractivity contribution in [3.63, 3.8) is 0 Å². The fourth-order valence-electron chi connectivity index (χ4n) is 3.92. The van der Waals surface area contributed by atoms with Gasteiger partial charge in [0.05, 0.1) is 42.5 Å². The average molecular weight is 495 g/mol. The van der Waals surface area contributed by atoms with Gasteiger partial charge >= 0.3 is 0 Å². The fourth-order valence-corrected chi connectivity index (χ4v) is 5.41. The quantitative estimate of drug-likeness (QED) is 0.491. The predicted octanol–water partition coefficient (Wildman–Crippen LogP) is 1.72. The molecule has 2 aromatic rings. The molecule has 2 unspecified atom stereocenters. The molecule has 2 aromatic carbocycles. The molecule has 1 amide bonds. The van der Waals surface area contributed by atoms with E-state index in [2.05, 4.69) is 10.3 Å². The molecule has 10 heteroatoms. The summed E-state index contributed by atoms with van der Waals surface area (Å²) in [6.07, 6.45) is -0.809. The first-order valence-electron chi connectivity index (χ1n) is 11.0. The highest BCUT2D eigenvalue weighted by Gasteiger charge is 2.28. The molecule has 0 saturated carbocycles. The number of rotatable bonds is 9. The molecule has 0 aromatic heterocycles. The topological polar surface area (TPSA) is 116 Å². The Bertz CT molecular complexity index is 1160. The largest absolute Gasteiger partial charge is 0.396 e. The second kappa shape index (κ2) is 11.2. The second-order valence-electron chi connectivity index (χ2n) is 8.36. The number of amides is 1. The number of hydrogen-bond donors (Lipinski definition) is 3. The predicted molar refractivity (Wildman–Crippen MR) is 124 cm³/mol. The summed E-state index contributed by atoms with van der Waals surface area (Å²) in [5, 5.41) is 22.4. The summed E-state index contributed by atoms with van der Waals surface area (Å²) in [4.78, 5) is 16.4. The first kappa shape index (κ1) is 25.9. The van der Waals surface area contributed by atoms with Gasteiger partial charge in [-0.05, 0) is 47.7 Å². The summed E-state index contributed by atoms with van der Waals surface area (Å²) in [5.74, 6) is -2.48. The van der Waals surface area contributed by atoms with Gasteiger partial charge in [0.15, 0.2) is 9.84 Å². The molecule has 0 fully saturated rings. The van der Waals surface area contributed by atoms with E-state index in [-0.39, 0.29) is 36.5 Å². The monoisotopic (exact) mass is 494 g/mol. The Labute approximate surface area is 197 Å². The van der Waals surface area contributed by atoms with Crippen LogP contribution in [0.3, 0.4) is 0 Å². The van der Waals surface area contributed by atoms with Crippen molar-refractivity contribution in [2.75, 3.05) is 18.9 Å². The molecule has 1 heterocycles. The number of aryl methyl sites for hydroxylation is 1. The number of aliphatic hydroxyl groups is 2. The zero-order chi connectivity index (χ0) is 24.9. The standard InChI is InChI=1S/C24H28F2N2O5S/c1-2-15-3-4-17-13-34(32,33)14-22(20(17)9-15)27-12-23(30)21(28-24(31)5-6-29)10-16-7-18(25)11-19(26)8-16/h3-4,7-9,11,21,23,29-30H,2,5-6,10,12-14H2,1H3,(H,28,31). The third-order valence-electron chi connectivity index (χ3n) is 5.62. The lowest BCUT2D eigenvalue weighted by Gasteiger charge is -2.25. The van der Waals surface area contributed by atoms with Crippen LogP contribution in [0.1, 0.15) is 35.6 Å². The van der Waals surface area contributed by atoms with Crippen molar-refractivity contribution >= 4 is 21.5 Å². The van der Waals surface area contributed by atoms with Gasteiger partial charge in [0, 0.05) is 18.1 Å². The lowest BCUT2D eigenvalue weighted by molar-refractivity contribution is -0.123. The van der Waals surface area contributed by atoms with Gasteiger partial charge in [-0.2, -0.15) is 0 Å². The number of aliphatic hydroxyl groups excluding tert-OH is 2. The van der Waals surface area contributed by atoms with E-state index in [9.17, 15) is 27.1 Å². The fraction of sp³-hybridized carbons (Fsp3) is 0.417. The molecule has 7 nitrogen and oxygen atoms in total. The summed E-state index contributed by atoms with van der Waals surface area (Å²) in [6.45, 7) is 1.35. The van der Waals surface area contributed by atoms with E-state index in [1.54, 1.807) is 6.07 Å². The molecule has 0 radical (unpaired) electrons. The minimum absolute atomic E-state index is 0.0844. The number of nitrogens with one attached hydrogen (secondary N) is 1. The Kier molecular flexibility index (Phi) is 8.51. The summed E-state index contributed by atoms with van der Waals surface area (Å²) in [5.41, 5.74) is 2.92. The zero-order valence-electron chi connectivity index (χ0n) is 18.8. The van der Waals surface area contributed by atoms with Gasteiger partial charge in [-0.3, -0.25) is 9.79 Å². The molecule has 0 aliphatic carbocycles. The molecule has 2 atom stereocenters. The summed E-state index contributed by atoms with van der Waals surface area (Å²) in [7, 11) is -3.41. The SMILES string of the molecule is CCc1ccc2c(c1)C(=NCC(O)C(Cc1cc(F)cc(F)c1)NC(=O)CCO)CS(=O)(=O)C2. The van der Waals surface area contributed by atoms with Crippen LogP contribution >= 0.6 is 0 Å². The van der Waals surface area contributed by atoms with Gasteiger partial charge in [0.2, 0.25) is 5.91 Å². The molecule has 1 aliphatic heterocycles. The van der Waals surface area contributed by atoms with Gasteiger partial charge in [-0.1, -0.05) is 19.1 Å². The number of carbonyl (C=O) groups is 1. The van der Waals surface area contributed by atoms with E-state index in [0.29, 0.717) is 11.3 Å². The molecule has 3 rings (SSSR count). The molecule has 0 saturated heterocycles. The lowest BCUT2D eigenvalue weighted by Crippen LogP contribution is -2.46. The number of fused-ring (bicyclic) bond motifs is 1. The maximum absolute atomic E-state index is 13.6. The minimum Gasteiger partial charge on any atom is -0.396 e. The van der Waals surface area contributed by atoms with Crippen LogP contribution in [0.25, 0.3) is 0 Å². The van der Waals surface area contributed by atoms with Crippen LogP contribution in [0, 0.1) is 11.6 Å². The van der Waals surface area contributed by atoms with Gasteiger partial charge < -0.3 is 15.5 Å². The van der Waals surface area contributed by atoms with Crippen LogP contribution in [-0.2, 0) is 33.2 Å². The van der Waals surface area contributed by atoms with E-state index < -0.39 is 46.1 Å². The van der Waals surface area contributed by atoms with Crippen molar-refractivity contribution in [3.8, 4) is 0 Å². The lowest BCUT2D eigenvalue weighted by atomic mass is 9.99. The van der Waals surface area contributed by atoms with Crippen molar-refractivity contribution < 1.29 is 32.2 Å². The third-order valence-corrected chi connectivity index (χ3v) is 7.09. The highest BCUT2D eigenvalue weighted by molar-refractivity contribution is 7.91. The van der Waals surface area contributed by atoms with Crippen LogP contribution in [-0.4, -0.2) is 61.3 Å². The zero-order valence-corrected chi connectivity index (χ0v) is 19.6. The van der Waals surface area contributed by atoms with Crippen molar-refractivity contribution in [2.24, 2.45) is 4.99 Å². The smallest absolute Gasteiger partial charge is 0.222 e. The number of benzene rings is 2. The molecule has 0 spiro atoms. The van der Waals surface area contributed by atoms with Gasteiger partial charge in [-0.15, -0.1) is 0 Å². The number of carbonyl (C=O) groups excluding carboxylic acids is 1. The molecule has 34 heavy (non-hydrogen) atoms. The highest BCUT2D eigenvalue weighted by atomic mass is 32.2. The average Bonchev–Trinajstić information content (AvgIpc) is 2.75. The number of sulfone groups is 1. The van der Waals surface area contributed by atoms with Crippen molar-refractivity contribution in [3.05, 3.63) is 70.3 Å². The molecular weight excluding hydrogens is 466 g/mol.